The Balaban J connectivity index is 1.69. The number of rotatable bonds is 11. The molecule has 0 aromatic heterocycles. The quantitative estimate of drug-likeness (QED) is 0.353. The highest BCUT2D eigenvalue weighted by Crippen LogP contribution is 2.55. The van der Waals surface area contributed by atoms with Gasteiger partial charge in [0.05, 0.1) is 0 Å². The molecule has 2 aliphatic rings. The maximum Gasteiger partial charge on any atom is 0.123 e. The third kappa shape index (κ3) is 5.63. The molecule has 192 valence electrons. The Morgan fingerprint density at radius 1 is 0.943 bits per heavy atom. The number of hydrogen-bond donors (Lipinski definition) is 1. The molecule has 1 aliphatic heterocycles. The lowest BCUT2D eigenvalue weighted by Gasteiger charge is -2.43. The van der Waals surface area contributed by atoms with E-state index in [1.165, 1.54) is 75.5 Å². The molecular weight excluding hydrogens is 426 g/mol. The van der Waals surface area contributed by atoms with E-state index >= 15 is 0 Å². The van der Waals surface area contributed by atoms with Crippen molar-refractivity contribution < 1.29 is 4.74 Å². The van der Waals surface area contributed by atoms with Crippen LogP contribution in [0, 0.1) is 11.8 Å². The zero-order valence-electron chi connectivity index (χ0n) is 22.8. The molecule has 5 atom stereocenters. The highest BCUT2D eigenvalue weighted by Gasteiger charge is 2.52. The minimum absolute atomic E-state index is 0.161. The van der Waals surface area contributed by atoms with Crippen LogP contribution in [0.25, 0.3) is 0 Å². The minimum Gasteiger partial charge on any atom is -0.489 e. The number of nitrogens with one attached hydrogen (secondary N) is 1. The summed E-state index contributed by atoms with van der Waals surface area (Å²) in [6, 6.07) is 18.5. The summed E-state index contributed by atoms with van der Waals surface area (Å²) in [6.45, 7) is 10.5. The van der Waals surface area contributed by atoms with Crippen LogP contribution in [0.1, 0.15) is 102 Å². The lowest BCUT2D eigenvalue weighted by molar-refractivity contribution is 0.0337. The van der Waals surface area contributed by atoms with E-state index in [0.717, 1.165) is 18.9 Å². The number of fused-ring (bicyclic) bond motifs is 1. The normalized spacial score (nSPS) is 28.0. The van der Waals surface area contributed by atoms with E-state index in [4.69, 9.17) is 4.74 Å². The fraction of sp³-hybridized carbons (Fsp3) is 0.636. The van der Waals surface area contributed by atoms with Gasteiger partial charge in [-0.05, 0) is 93.4 Å². The molecule has 2 heteroatoms. The molecule has 0 spiro atoms. The third-order valence-corrected chi connectivity index (χ3v) is 9.21. The standard InChI is InChI=1S/C33H49NO/c1-5-9-23-33(7-3)31-27-19-14-20-30(31)35-32(33)29(6-2)26(21-22-28(24-27)34-8-4)18-13-17-25-15-11-10-12-16-25/h10-12,14-16,19-20,26,28-29,32,34H,5-9,13,17-18,21-24H2,1-4H3/t26-,28?,29?,32-,33?/m0/s1. The van der Waals surface area contributed by atoms with Crippen molar-refractivity contribution in [1.82, 2.24) is 5.32 Å². The first-order valence-corrected chi connectivity index (χ1v) is 14.7. The summed E-state index contributed by atoms with van der Waals surface area (Å²) in [6.07, 6.45) is 14.0. The largest absolute Gasteiger partial charge is 0.489 e. The average molecular weight is 476 g/mol. The van der Waals surface area contributed by atoms with Crippen LogP contribution in [0.5, 0.6) is 5.75 Å². The number of ether oxygens (including phenoxy) is 1. The molecular formula is C33H49NO. The first-order valence-electron chi connectivity index (χ1n) is 14.7. The molecule has 1 aliphatic carbocycles. The van der Waals surface area contributed by atoms with Crippen molar-refractivity contribution in [3.8, 4) is 5.75 Å². The molecule has 0 amide bonds. The van der Waals surface area contributed by atoms with Crippen LogP contribution in [0.15, 0.2) is 48.5 Å². The van der Waals surface area contributed by atoms with Crippen LogP contribution >= 0.6 is 0 Å². The Labute approximate surface area is 215 Å². The fourth-order valence-electron chi connectivity index (χ4n) is 7.44. The van der Waals surface area contributed by atoms with Crippen molar-refractivity contribution in [2.75, 3.05) is 6.54 Å². The Bertz CT molecular complexity index is 909. The van der Waals surface area contributed by atoms with E-state index < -0.39 is 0 Å². The van der Waals surface area contributed by atoms with E-state index in [1.807, 2.05) is 0 Å². The molecule has 3 unspecified atom stereocenters. The van der Waals surface area contributed by atoms with Gasteiger partial charge in [-0.1, -0.05) is 83.0 Å². The third-order valence-electron chi connectivity index (χ3n) is 9.21. The first-order chi connectivity index (χ1) is 17.2. The van der Waals surface area contributed by atoms with Crippen LogP contribution in [0.3, 0.4) is 0 Å². The molecule has 4 rings (SSSR count). The van der Waals surface area contributed by atoms with E-state index in [1.54, 1.807) is 11.1 Å². The summed E-state index contributed by atoms with van der Waals surface area (Å²) in [4.78, 5) is 0. The molecule has 2 aromatic rings. The van der Waals surface area contributed by atoms with Crippen molar-refractivity contribution in [1.29, 1.82) is 0 Å². The van der Waals surface area contributed by atoms with Gasteiger partial charge < -0.3 is 10.1 Å². The maximum absolute atomic E-state index is 7.06. The van der Waals surface area contributed by atoms with Crippen LogP contribution < -0.4 is 10.1 Å². The van der Waals surface area contributed by atoms with Gasteiger partial charge in [0, 0.05) is 17.0 Å². The minimum atomic E-state index is 0.161. The van der Waals surface area contributed by atoms with E-state index in [9.17, 15) is 0 Å². The Kier molecular flexibility index (Phi) is 9.34. The molecule has 0 saturated carbocycles. The van der Waals surface area contributed by atoms with Crippen LogP contribution in [0.4, 0.5) is 0 Å². The van der Waals surface area contributed by atoms with Crippen molar-refractivity contribution in [2.45, 2.75) is 116 Å². The molecule has 0 radical (unpaired) electrons. The molecule has 1 heterocycles. The highest BCUT2D eigenvalue weighted by molar-refractivity contribution is 5.51. The summed E-state index contributed by atoms with van der Waals surface area (Å²) in [5, 5.41) is 3.86. The van der Waals surface area contributed by atoms with Crippen LogP contribution in [-0.2, 0) is 18.3 Å². The number of likely N-dealkylation sites (N-methyl/N-ethyl adjacent to an activating group) is 1. The smallest absolute Gasteiger partial charge is 0.123 e. The van der Waals surface area contributed by atoms with Crippen molar-refractivity contribution in [3.63, 3.8) is 0 Å². The topological polar surface area (TPSA) is 21.3 Å². The van der Waals surface area contributed by atoms with Gasteiger partial charge in [0.15, 0.2) is 0 Å². The summed E-state index contributed by atoms with van der Waals surface area (Å²) in [5.74, 6) is 2.53. The summed E-state index contributed by atoms with van der Waals surface area (Å²) in [7, 11) is 0. The monoisotopic (exact) mass is 475 g/mol. The van der Waals surface area contributed by atoms with Crippen molar-refractivity contribution in [3.05, 3.63) is 65.2 Å². The second kappa shape index (κ2) is 12.4. The van der Waals surface area contributed by atoms with Crippen molar-refractivity contribution >= 4 is 0 Å². The predicted octanol–water partition coefficient (Wildman–Crippen LogP) is 8.27. The lowest BCUT2D eigenvalue weighted by atomic mass is 9.62. The van der Waals surface area contributed by atoms with Gasteiger partial charge in [-0.25, -0.2) is 0 Å². The van der Waals surface area contributed by atoms with Gasteiger partial charge in [-0.2, -0.15) is 0 Å². The average Bonchev–Trinajstić information content (AvgIpc) is 3.21. The van der Waals surface area contributed by atoms with Gasteiger partial charge in [0.1, 0.15) is 11.9 Å². The number of unbranched alkanes of at least 4 members (excludes halogenated alkanes) is 1. The highest BCUT2D eigenvalue weighted by atomic mass is 16.5. The molecule has 2 aromatic carbocycles. The van der Waals surface area contributed by atoms with Crippen molar-refractivity contribution in [2.24, 2.45) is 11.8 Å². The Morgan fingerprint density at radius 3 is 2.49 bits per heavy atom. The molecule has 0 saturated heterocycles. The second-order valence-corrected chi connectivity index (χ2v) is 11.2. The summed E-state index contributed by atoms with van der Waals surface area (Å²) < 4.78 is 7.06. The number of benzene rings is 2. The molecule has 35 heavy (non-hydrogen) atoms. The number of hydrogen-bond acceptors (Lipinski definition) is 2. The Hall–Kier alpha value is -1.80. The first kappa shape index (κ1) is 26.3. The van der Waals surface area contributed by atoms with Gasteiger partial charge in [-0.3, -0.25) is 0 Å². The van der Waals surface area contributed by atoms with Gasteiger partial charge >= 0.3 is 0 Å². The Morgan fingerprint density at radius 2 is 1.77 bits per heavy atom. The predicted molar refractivity (Wildman–Crippen MR) is 149 cm³/mol. The number of aryl methyl sites for hydroxylation is 1. The van der Waals surface area contributed by atoms with Gasteiger partial charge in [-0.15, -0.1) is 0 Å². The van der Waals surface area contributed by atoms with Crippen LogP contribution in [0.2, 0.25) is 0 Å². The zero-order chi connectivity index (χ0) is 24.7. The zero-order valence-corrected chi connectivity index (χ0v) is 22.8. The van der Waals surface area contributed by atoms with Gasteiger partial charge in [0.2, 0.25) is 0 Å². The maximum atomic E-state index is 7.06. The second-order valence-electron chi connectivity index (χ2n) is 11.2. The SMILES string of the molecule is CCCCC1(CC)c2c3cccc2O[C@H]1C(CC)[C@@H](CCCc1ccccc1)CCC(NCC)C3. The lowest BCUT2D eigenvalue weighted by Crippen LogP contribution is -2.47. The summed E-state index contributed by atoms with van der Waals surface area (Å²) in [5.41, 5.74) is 4.76. The molecule has 2 bridgehead atoms. The van der Waals surface area contributed by atoms with Crippen LogP contribution in [-0.4, -0.2) is 18.7 Å². The fourth-order valence-corrected chi connectivity index (χ4v) is 7.44. The summed E-state index contributed by atoms with van der Waals surface area (Å²) >= 11 is 0. The van der Waals surface area contributed by atoms with E-state index in [2.05, 4.69) is 81.5 Å². The van der Waals surface area contributed by atoms with Gasteiger partial charge in [0.25, 0.3) is 0 Å². The van der Waals surface area contributed by atoms with E-state index in [-0.39, 0.29) is 5.41 Å². The van der Waals surface area contributed by atoms with E-state index in [0.29, 0.717) is 18.1 Å². The molecule has 2 nitrogen and oxygen atoms in total. The molecule has 1 N–H and O–H groups in total. The molecule has 0 fully saturated rings.